The predicted octanol–water partition coefficient (Wildman–Crippen LogP) is 2.39. The molecule has 0 atom stereocenters. The molecule has 0 amide bonds. The van der Waals surface area contributed by atoms with Crippen molar-refractivity contribution >= 4 is 0 Å². The molecule has 1 aliphatic heterocycles. The zero-order chi connectivity index (χ0) is 15.4. The first-order chi connectivity index (χ1) is 10.8. The fraction of sp³-hybridized carbons (Fsp3) is 0.471. The molecule has 1 aliphatic rings. The minimum absolute atomic E-state index is 0.123. The molecule has 4 nitrogen and oxygen atoms in total. The predicted molar refractivity (Wildman–Crippen MR) is 83.0 cm³/mol. The smallest absolute Gasteiger partial charge is 0.123 e. The number of nitrogens with zero attached hydrogens (tertiary/aromatic N) is 3. The van der Waals surface area contributed by atoms with Crippen LogP contribution in [0.1, 0.15) is 30.0 Å². The van der Waals surface area contributed by atoms with Crippen LogP contribution in [0, 0.1) is 5.82 Å². The summed E-state index contributed by atoms with van der Waals surface area (Å²) >= 11 is 0. The number of aromatic nitrogens is 2. The van der Waals surface area contributed by atoms with Crippen molar-refractivity contribution in [2.45, 2.75) is 31.8 Å². The van der Waals surface area contributed by atoms with Gasteiger partial charge in [-0.15, -0.1) is 0 Å². The van der Waals surface area contributed by atoms with Gasteiger partial charge in [-0.25, -0.2) is 4.39 Å². The Labute approximate surface area is 130 Å². The third-order valence-electron chi connectivity index (χ3n) is 4.39. The van der Waals surface area contributed by atoms with E-state index in [9.17, 15) is 4.39 Å². The van der Waals surface area contributed by atoms with E-state index in [1.165, 1.54) is 17.8 Å². The fourth-order valence-electron chi connectivity index (χ4n) is 3.21. The molecule has 1 saturated heterocycles. The Balaban J connectivity index is 1.56. The second-order valence-electron chi connectivity index (χ2n) is 5.88. The topological polar surface area (TPSA) is 41.3 Å². The Morgan fingerprint density at radius 2 is 1.86 bits per heavy atom. The van der Waals surface area contributed by atoms with E-state index in [1.807, 2.05) is 23.0 Å². The second-order valence-corrected chi connectivity index (χ2v) is 5.88. The maximum atomic E-state index is 12.9. The van der Waals surface area contributed by atoms with Crippen molar-refractivity contribution in [3.05, 3.63) is 53.6 Å². The summed E-state index contributed by atoms with van der Waals surface area (Å²) in [7, 11) is 0. The van der Waals surface area contributed by atoms with E-state index >= 15 is 0 Å². The molecular formula is C17H22FN3O. The van der Waals surface area contributed by atoms with Crippen LogP contribution in [0.25, 0.3) is 0 Å². The third kappa shape index (κ3) is 3.54. The molecule has 0 unspecified atom stereocenters. The van der Waals surface area contributed by atoms with Crippen LogP contribution in [0.4, 0.5) is 4.39 Å². The van der Waals surface area contributed by atoms with Crippen molar-refractivity contribution in [1.29, 1.82) is 0 Å². The third-order valence-corrected chi connectivity index (χ3v) is 4.39. The lowest BCUT2D eigenvalue weighted by atomic mass is 9.93. The van der Waals surface area contributed by atoms with Gasteiger partial charge in [-0.05, 0) is 49.7 Å². The first kappa shape index (κ1) is 15.2. The average Bonchev–Trinajstić information content (AvgIpc) is 2.99. The quantitative estimate of drug-likeness (QED) is 0.922. The standard InChI is InChI=1S/C17H22FN3O/c18-16-3-1-14(2-4-16)13-20-9-6-15(7-10-20)17-5-8-19-21(17)11-12-22/h1-5,8,15,22H,6-7,9-13H2. The van der Waals surface area contributed by atoms with Crippen molar-refractivity contribution in [2.75, 3.05) is 19.7 Å². The lowest BCUT2D eigenvalue weighted by molar-refractivity contribution is 0.199. The zero-order valence-corrected chi connectivity index (χ0v) is 12.7. The van der Waals surface area contributed by atoms with Gasteiger partial charge in [0.2, 0.25) is 0 Å². The van der Waals surface area contributed by atoms with Crippen LogP contribution in [0.15, 0.2) is 36.5 Å². The highest BCUT2D eigenvalue weighted by Gasteiger charge is 2.23. The first-order valence-electron chi connectivity index (χ1n) is 7.85. The van der Waals surface area contributed by atoms with Gasteiger partial charge in [-0.3, -0.25) is 9.58 Å². The Morgan fingerprint density at radius 1 is 1.14 bits per heavy atom. The summed E-state index contributed by atoms with van der Waals surface area (Å²) in [5.41, 5.74) is 2.39. The van der Waals surface area contributed by atoms with Crippen LogP contribution in [0.2, 0.25) is 0 Å². The molecule has 0 spiro atoms. The number of hydrogen-bond donors (Lipinski definition) is 1. The average molecular weight is 303 g/mol. The molecule has 0 radical (unpaired) electrons. The lowest BCUT2D eigenvalue weighted by Gasteiger charge is -2.32. The Bertz CT molecular complexity index is 588. The number of aliphatic hydroxyl groups excluding tert-OH is 1. The fourth-order valence-corrected chi connectivity index (χ4v) is 3.21. The maximum Gasteiger partial charge on any atom is 0.123 e. The molecule has 0 saturated carbocycles. The summed E-state index contributed by atoms with van der Waals surface area (Å²) in [5, 5.41) is 13.4. The van der Waals surface area contributed by atoms with Crippen LogP contribution >= 0.6 is 0 Å². The number of benzene rings is 1. The molecule has 2 heterocycles. The molecule has 0 bridgehead atoms. The van der Waals surface area contributed by atoms with Crippen LogP contribution in [-0.2, 0) is 13.1 Å². The van der Waals surface area contributed by atoms with E-state index < -0.39 is 0 Å². The summed E-state index contributed by atoms with van der Waals surface area (Å²) < 4.78 is 14.9. The summed E-state index contributed by atoms with van der Waals surface area (Å²) in [6, 6.07) is 8.83. The lowest BCUT2D eigenvalue weighted by Crippen LogP contribution is -2.33. The monoisotopic (exact) mass is 303 g/mol. The number of hydrogen-bond acceptors (Lipinski definition) is 3. The number of likely N-dealkylation sites (tertiary alicyclic amines) is 1. The minimum Gasteiger partial charge on any atom is -0.394 e. The first-order valence-corrected chi connectivity index (χ1v) is 7.85. The van der Waals surface area contributed by atoms with Crippen molar-refractivity contribution in [3.63, 3.8) is 0 Å². The van der Waals surface area contributed by atoms with Gasteiger partial charge in [0.1, 0.15) is 5.82 Å². The second kappa shape index (κ2) is 7.03. The van der Waals surface area contributed by atoms with Gasteiger partial charge in [0.25, 0.3) is 0 Å². The SMILES string of the molecule is OCCn1nccc1C1CCN(Cc2ccc(F)cc2)CC1. The molecule has 1 aromatic heterocycles. The zero-order valence-electron chi connectivity index (χ0n) is 12.7. The molecule has 2 aromatic rings. The summed E-state index contributed by atoms with van der Waals surface area (Å²) in [5.74, 6) is 0.332. The normalized spacial score (nSPS) is 17.0. The molecular weight excluding hydrogens is 281 g/mol. The van der Waals surface area contributed by atoms with Crippen LogP contribution in [0.3, 0.4) is 0 Å². The Morgan fingerprint density at radius 3 is 2.55 bits per heavy atom. The number of aliphatic hydroxyl groups is 1. The molecule has 0 aliphatic carbocycles. The highest BCUT2D eigenvalue weighted by Crippen LogP contribution is 2.28. The molecule has 1 N–H and O–H groups in total. The molecule has 3 rings (SSSR count). The van der Waals surface area contributed by atoms with Gasteiger partial charge >= 0.3 is 0 Å². The summed E-state index contributed by atoms with van der Waals surface area (Å²) in [6.07, 6.45) is 4.01. The van der Waals surface area contributed by atoms with E-state index in [4.69, 9.17) is 5.11 Å². The highest BCUT2D eigenvalue weighted by atomic mass is 19.1. The maximum absolute atomic E-state index is 12.9. The van der Waals surface area contributed by atoms with Gasteiger partial charge in [-0.1, -0.05) is 12.1 Å². The van der Waals surface area contributed by atoms with E-state index in [0.717, 1.165) is 38.0 Å². The van der Waals surface area contributed by atoms with Crippen molar-refractivity contribution < 1.29 is 9.50 Å². The van der Waals surface area contributed by atoms with Crippen LogP contribution in [-0.4, -0.2) is 39.5 Å². The van der Waals surface area contributed by atoms with Crippen LogP contribution < -0.4 is 0 Å². The van der Waals surface area contributed by atoms with Crippen molar-refractivity contribution in [2.24, 2.45) is 0 Å². The number of rotatable bonds is 5. The summed E-state index contributed by atoms with van der Waals surface area (Å²) in [4.78, 5) is 2.41. The van der Waals surface area contributed by atoms with Gasteiger partial charge in [-0.2, -0.15) is 5.10 Å². The van der Waals surface area contributed by atoms with E-state index in [0.29, 0.717) is 12.5 Å². The molecule has 118 valence electrons. The largest absolute Gasteiger partial charge is 0.394 e. The van der Waals surface area contributed by atoms with E-state index in [2.05, 4.69) is 16.1 Å². The summed E-state index contributed by atoms with van der Waals surface area (Å²) in [6.45, 7) is 3.64. The molecule has 22 heavy (non-hydrogen) atoms. The molecule has 1 fully saturated rings. The van der Waals surface area contributed by atoms with Gasteiger partial charge in [0, 0.05) is 24.4 Å². The Hall–Kier alpha value is -1.72. The number of halogens is 1. The molecule has 1 aromatic carbocycles. The van der Waals surface area contributed by atoms with Crippen molar-refractivity contribution in [3.8, 4) is 0 Å². The van der Waals surface area contributed by atoms with Crippen molar-refractivity contribution in [1.82, 2.24) is 14.7 Å². The van der Waals surface area contributed by atoms with Gasteiger partial charge in [0.05, 0.1) is 13.2 Å². The van der Waals surface area contributed by atoms with E-state index in [1.54, 1.807) is 0 Å². The van der Waals surface area contributed by atoms with E-state index in [-0.39, 0.29) is 12.4 Å². The minimum atomic E-state index is -0.181. The number of piperidine rings is 1. The Kier molecular flexibility index (Phi) is 4.85. The van der Waals surface area contributed by atoms with Gasteiger partial charge < -0.3 is 5.11 Å². The van der Waals surface area contributed by atoms with Crippen LogP contribution in [0.5, 0.6) is 0 Å². The highest BCUT2D eigenvalue weighted by molar-refractivity contribution is 5.16. The van der Waals surface area contributed by atoms with Gasteiger partial charge in [0.15, 0.2) is 0 Å². The molecule has 5 heteroatoms.